The Balaban J connectivity index is 1.62. The highest BCUT2D eigenvalue weighted by atomic mass is 19.1. The van der Waals surface area contributed by atoms with Gasteiger partial charge in [-0.15, -0.1) is 0 Å². The SMILES string of the molecule is C[C@H]1CN([C@@H](C)CO)C(=O)c2cc(C#Cc3ccccc3F)cnc2O[C@H]1CN(C)C(=O)Cc1cccnc1. The first-order valence-electron chi connectivity index (χ1n) is 12.7. The number of aliphatic hydroxyl groups excluding tert-OH is 1. The Morgan fingerprint density at radius 3 is 2.77 bits per heavy atom. The van der Waals surface area contributed by atoms with Crippen LogP contribution < -0.4 is 4.74 Å². The van der Waals surface area contributed by atoms with E-state index < -0.39 is 18.0 Å². The summed E-state index contributed by atoms with van der Waals surface area (Å²) in [4.78, 5) is 38.1. The molecule has 0 unspecified atom stereocenters. The van der Waals surface area contributed by atoms with Gasteiger partial charge in [0.25, 0.3) is 5.91 Å². The maximum atomic E-state index is 14.0. The number of hydrogen-bond acceptors (Lipinski definition) is 6. The zero-order valence-electron chi connectivity index (χ0n) is 22.2. The number of ether oxygens (including phenoxy) is 1. The molecule has 1 aromatic carbocycles. The molecule has 202 valence electrons. The van der Waals surface area contributed by atoms with E-state index in [-0.39, 0.29) is 54.3 Å². The number of hydrogen-bond donors (Lipinski definition) is 1. The molecule has 1 aliphatic heterocycles. The zero-order valence-corrected chi connectivity index (χ0v) is 22.2. The Kier molecular flexibility index (Phi) is 8.89. The number of aliphatic hydroxyl groups is 1. The molecule has 3 heterocycles. The average Bonchev–Trinajstić information content (AvgIpc) is 2.94. The molecule has 0 aliphatic carbocycles. The van der Waals surface area contributed by atoms with E-state index in [1.165, 1.54) is 12.3 Å². The summed E-state index contributed by atoms with van der Waals surface area (Å²) in [7, 11) is 1.71. The largest absolute Gasteiger partial charge is 0.472 e. The molecule has 0 saturated heterocycles. The molecule has 8 nitrogen and oxygen atoms in total. The predicted octanol–water partition coefficient (Wildman–Crippen LogP) is 2.94. The quantitative estimate of drug-likeness (QED) is 0.493. The Bertz CT molecular complexity index is 1390. The molecule has 2 aromatic heterocycles. The van der Waals surface area contributed by atoms with Crippen molar-refractivity contribution in [1.82, 2.24) is 19.8 Å². The lowest BCUT2D eigenvalue weighted by Crippen LogP contribution is -2.50. The maximum absolute atomic E-state index is 14.0. The molecular weight excluding hydrogens is 499 g/mol. The summed E-state index contributed by atoms with van der Waals surface area (Å²) in [5.74, 6) is 4.72. The molecule has 0 saturated carbocycles. The Hall–Kier alpha value is -4.29. The van der Waals surface area contributed by atoms with Crippen molar-refractivity contribution in [2.24, 2.45) is 5.92 Å². The van der Waals surface area contributed by atoms with Gasteiger partial charge in [-0.25, -0.2) is 9.37 Å². The second-order valence-electron chi connectivity index (χ2n) is 9.74. The van der Waals surface area contributed by atoms with Gasteiger partial charge in [-0.05, 0) is 36.8 Å². The molecule has 0 spiro atoms. The fraction of sp³-hybridized carbons (Fsp3) is 0.333. The lowest BCUT2D eigenvalue weighted by molar-refractivity contribution is -0.130. The van der Waals surface area contributed by atoms with Gasteiger partial charge in [0, 0.05) is 43.7 Å². The van der Waals surface area contributed by atoms with Crippen LogP contribution in [0.25, 0.3) is 0 Å². The lowest BCUT2D eigenvalue weighted by Gasteiger charge is -2.37. The topological polar surface area (TPSA) is 95.9 Å². The summed E-state index contributed by atoms with van der Waals surface area (Å²) in [6.07, 6.45) is 4.52. The third-order valence-corrected chi connectivity index (χ3v) is 6.69. The van der Waals surface area contributed by atoms with E-state index >= 15 is 0 Å². The Morgan fingerprint density at radius 1 is 1.26 bits per heavy atom. The molecule has 0 radical (unpaired) electrons. The van der Waals surface area contributed by atoms with Gasteiger partial charge in [0.2, 0.25) is 11.8 Å². The molecule has 9 heteroatoms. The van der Waals surface area contributed by atoms with Crippen molar-refractivity contribution >= 4 is 11.8 Å². The van der Waals surface area contributed by atoms with E-state index in [1.54, 1.807) is 66.5 Å². The lowest BCUT2D eigenvalue weighted by atomic mass is 9.99. The number of amides is 2. The Morgan fingerprint density at radius 2 is 2.05 bits per heavy atom. The van der Waals surface area contributed by atoms with Crippen molar-refractivity contribution < 1.29 is 23.8 Å². The molecule has 0 fully saturated rings. The van der Waals surface area contributed by atoms with Crippen molar-refractivity contribution in [3.8, 4) is 17.7 Å². The van der Waals surface area contributed by atoms with E-state index in [4.69, 9.17) is 4.74 Å². The first-order chi connectivity index (χ1) is 18.8. The molecule has 4 rings (SSSR count). The maximum Gasteiger partial charge on any atom is 0.259 e. The summed E-state index contributed by atoms with van der Waals surface area (Å²) in [6, 6.07) is 10.9. The molecule has 1 N–H and O–H groups in total. The van der Waals surface area contributed by atoms with Crippen LogP contribution in [-0.2, 0) is 11.2 Å². The van der Waals surface area contributed by atoms with Gasteiger partial charge in [0.15, 0.2) is 0 Å². The Labute approximate surface area is 227 Å². The number of fused-ring (bicyclic) bond motifs is 1. The van der Waals surface area contributed by atoms with Crippen molar-refractivity contribution in [3.63, 3.8) is 0 Å². The zero-order chi connectivity index (χ0) is 27.9. The van der Waals surface area contributed by atoms with E-state index in [0.717, 1.165) is 5.56 Å². The van der Waals surface area contributed by atoms with Crippen LogP contribution in [0.5, 0.6) is 5.88 Å². The molecule has 3 aromatic rings. The van der Waals surface area contributed by atoms with Crippen LogP contribution in [0.3, 0.4) is 0 Å². The van der Waals surface area contributed by atoms with E-state index in [2.05, 4.69) is 21.8 Å². The van der Waals surface area contributed by atoms with Gasteiger partial charge >= 0.3 is 0 Å². The summed E-state index contributed by atoms with van der Waals surface area (Å²) in [6.45, 7) is 4.06. The van der Waals surface area contributed by atoms with Gasteiger partial charge < -0.3 is 19.6 Å². The molecule has 0 bridgehead atoms. The number of pyridine rings is 2. The summed E-state index contributed by atoms with van der Waals surface area (Å²) < 4.78 is 20.3. The average molecular weight is 531 g/mol. The summed E-state index contributed by atoms with van der Waals surface area (Å²) >= 11 is 0. The van der Waals surface area contributed by atoms with Crippen LogP contribution in [0.4, 0.5) is 4.39 Å². The van der Waals surface area contributed by atoms with Crippen molar-refractivity contribution in [2.45, 2.75) is 32.4 Å². The number of aromatic nitrogens is 2. The first kappa shape index (κ1) is 27.7. The minimum Gasteiger partial charge on any atom is -0.472 e. The van der Waals surface area contributed by atoms with Crippen molar-refractivity contribution in [2.75, 3.05) is 26.7 Å². The van der Waals surface area contributed by atoms with Crippen LogP contribution in [0, 0.1) is 23.6 Å². The third-order valence-electron chi connectivity index (χ3n) is 6.69. The summed E-state index contributed by atoms with van der Waals surface area (Å²) in [5.41, 5.74) is 1.65. The monoisotopic (exact) mass is 530 g/mol. The highest BCUT2D eigenvalue weighted by Gasteiger charge is 2.34. The number of rotatable bonds is 6. The molecular formula is C30H31FN4O4. The van der Waals surface area contributed by atoms with Gasteiger partial charge in [-0.2, -0.15) is 0 Å². The number of benzene rings is 1. The second kappa shape index (κ2) is 12.5. The van der Waals surface area contributed by atoms with E-state index in [1.807, 2.05) is 13.0 Å². The van der Waals surface area contributed by atoms with Gasteiger partial charge in [0.1, 0.15) is 17.5 Å². The van der Waals surface area contributed by atoms with Crippen LogP contribution >= 0.6 is 0 Å². The molecule has 2 amide bonds. The molecule has 3 atom stereocenters. The van der Waals surface area contributed by atoms with Crippen LogP contribution in [0.2, 0.25) is 0 Å². The smallest absolute Gasteiger partial charge is 0.259 e. The number of halogens is 1. The number of carbonyl (C=O) groups excluding carboxylic acids is 2. The fourth-order valence-electron chi connectivity index (χ4n) is 4.27. The second-order valence-corrected chi connectivity index (χ2v) is 9.74. The fourth-order valence-corrected chi connectivity index (χ4v) is 4.27. The minimum atomic E-state index is -0.476. The van der Waals surface area contributed by atoms with Crippen LogP contribution in [0.15, 0.2) is 61.1 Å². The normalized spacial score (nSPS) is 17.6. The highest BCUT2D eigenvalue weighted by molar-refractivity contribution is 5.97. The minimum absolute atomic E-state index is 0.0931. The third kappa shape index (κ3) is 6.78. The standard InChI is InChI=1S/C30H31FN4O4/c1-20-17-35(21(2)19-36)30(38)25-13-23(10-11-24-8-4-5-9-26(24)31)16-33-29(25)39-27(20)18-34(3)28(37)14-22-7-6-12-32-15-22/h4-9,12-13,15-16,20-21,27,36H,14,17-19H2,1-3H3/t20-,21-,27-/m0/s1. The van der Waals surface area contributed by atoms with Crippen LogP contribution in [-0.4, -0.2) is 75.6 Å². The van der Waals surface area contributed by atoms with Crippen molar-refractivity contribution in [3.05, 3.63) is 89.1 Å². The predicted molar refractivity (Wildman–Crippen MR) is 143 cm³/mol. The number of likely N-dealkylation sites (N-methyl/N-ethyl adjacent to an activating group) is 1. The number of carbonyl (C=O) groups is 2. The first-order valence-corrected chi connectivity index (χ1v) is 12.7. The van der Waals surface area contributed by atoms with Crippen molar-refractivity contribution in [1.29, 1.82) is 0 Å². The van der Waals surface area contributed by atoms with Crippen LogP contribution in [0.1, 0.15) is 40.9 Å². The summed E-state index contributed by atoms with van der Waals surface area (Å²) in [5, 5.41) is 9.86. The van der Waals surface area contributed by atoms with E-state index in [9.17, 15) is 19.1 Å². The van der Waals surface area contributed by atoms with Gasteiger partial charge in [-0.3, -0.25) is 14.6 Å². The molecule has 1 aliphatic rings. The van der Waals surface area contributed by atoms with Gasteiger partial charge in [-0.1, -0.05) is 37.0 Å². The van der Waals surface area contributed by atoms with Gasteiger partial charge in [0.05, 0.1) is 31.2 Å². The van der Waals surface area contributed by atoms with E-state index in [0.29, 0.717) is 12.1 Å². The molecule has 39 heavy (non-hydrogen) atoms. The highest BCUT2D eigenvalue weighted by Crippen LogP contribution is 2.27. The number of nitrogens with zero attached hydrogens (tertiary/aromatic N) is 4.